The Labute approximate surface area is 129 Å². The molecular weight excluding hydrogens is 264 g/mol. The van der Waals surface area contributed by atoms with Crippen LogP contribution in [0.4, 0.5) is 5.69 Å². The van der Waals surface area contributed by atoms with Gasteiger partial charge in [0.25, 0.3) is 0 Å². The van der Waals surface area contributed by atoms with E-state index in [2.05, 4.69) is 55.3 Å². The molecule has 1 rings (SSSR count). The standard InChI is InChI=1S/C17H30N2O2/c1-6-18-15(3)16-9-7-8-10-17(16)19(11-12-20-4)14(2)13-21-5/h7-10,14-15,18H,6,11-13H2,1-5H3. The highest BCUT2D eigenvalue weighted by molar-refractivity contribution is 5.55. The highest BCUT2D eigenvalue weighted by Crippen LogP contribution is 2.27. The Bertz CT molecular complexity index is 398. The molecule has 0 heterocycles. The predicted octanol–water partition coefficient (Wildman–Crippen LogP) is 2.84. The Kier molecular flexibility index (Phi) is 8.35. The van der Waals surface area contributed by atoms with Crippen LogP contribution in [0, 0.1) is 0 Å². The van der Waals surface area contributed by atoms with Crippen molar-refractivity contribution < 1.29 is 9.47 Å². The summed E-state index contributed by atoms with van der Waals surface area (Å²) in [4.78, 5) is 2.37. The first-order valence-electron chi connectivity index (χ1n) is 7.72. The molecule has 1 N–H and O–H groups in total. The van der Waals surface area contributed by atoms with Gasteiger partial charge in [0.2, 0.25) is 0 Å². The van der Waals surface area contributed by atoms with Gasteiger partial charge in [-0.2, -0.15) is 0 Å². The van der Waals surface area contributed by atoms with E-state index in [4.69, 9.17) is 9.47 Å². The Balaban J connectivity index is 3.05. The van der Waals surface area contributed by atoms with E-state index < -0.39 is 0 Å². The van der Waals surface area contributed by atoms with Crippen molar-refractivity contribution in [2.75, 3.05) is 45.4 Å². The molecule has 0 saturated carbocycles. The van der Waals surface area contributed by atoms with Crippen molar-refractivity contribution in [2.24, 2.45) is 0 Å². The molecule has 0 aromatic heterocycles. The molecule has 0 aliphatic rings. The maximum Gasteiger partial charge on any atom is 0.0663 e. The van der Waals surface area contributed by atoms with Gasteiger partial charge in [0.15, 0.2) is 0 Å². The number of hydrogen-bond acceptors (Lipinski definition) is 4. The molecule has 1 aromatic rings. The monoisotopic (exact) mass is 294 g/mol. The Morgan fingerprint density at radius 2 is 1.86 bits per heavy atom. The zero-order chi connectivity index (χ0) is 15.7. The van der Waals surface area contributed by atoms with Crippen LogP contribution in [0.2, 0.25) is 0 Å². The van der Waals surface area contributed by atoms with Crippen LogP contribution in [-0.2, 0) is 9.47 Å². The SMILES string of the molecule is CCNC(C)c1ccccc1N(CCOC)C(C)COC. The van der Waals surface area contributed by atoms with Crippen LogP contribution in [0.1, 0.15) is 32.4 Å². The normalized spacial score (nSPS) is 14.0. The summed E-state index contributed by atoms with van der Waals surface area (Å²) in [5.41, 5.74) is 2.57. The van der Waals surface area contributed by atoms with Gasteiger partial charge in [-0.3, -0.25) is 0 Å². The number of anilines is 1. The van der Waals surface area contributed by atoms with Gasteiger partial charge in [-0.25, -0.2) is 0 Å². The van der Waals surface area contributed by atoms with E-state index in [-0.39, 0.29) is 0 Å². The largest absolute Gasteiger partial charge is 0.383 e. The second-order valence-electron chi connectivity index (χ2n) is 5.33. The third-order valence-corrected chi connectivity index (χ3v) is 3.70. The number of nitrogens with one attached hydrogen (secondary N) is 1. The van der Waals surface area contributed by atoms with Crippen LogP contribution in [0.25, 0.3) is 0 Å². The third kappa shape index (κ3) is 5.30. The minimum Gasteiger partial charge on any atom is -0.383 e. The van der Waals surface area contributed by atoms with E-state index in [9.17, 15) is 0 Å². The lowest BCUT2D eigenvalue weighted by Crippen LogP contribution is -2.39. The summed E-state index contributed by atoms with van der Waals surface area (Å²) >= 11 is 0. The first-order chi connectivity index (χ1) is 10.2. The number of benzene rings is 1. The summed E-state index contributed by atoms with van der Waals surface area (Å²) in [6.07, 6.45) is 0. The molecule has 0 aliphatic heterocycles. The van der Waals surface area contributed by atoms with Crippen LogP contribution in [-0.4, -0.2) is 46.6 Å². The number of nitrogens with zero attached hydrogens (tertiary/aromatic N) is 1. The van der Waals surface area contributed by atoms with Crippen LogP contribution in [0.15, 0.2) is 24.3 Å². The zero-order valence-corrected chi connectivity index (χ0v) is 14.1. The molecule has 0 saturated heterocycles. The average Bonchev–Trinajstić information content (AvgIpc) is 2.48. The Morgan fingerprint density at radius 1 is 1.14 bits per heavy atom. The molecule has 4 heteroatoms. The summed E-state index contributed by atoms with van der Waals surface area (Å²) in [7, 11) is 3.49. The average molecular weight is 294 g/mol. The van der Waals surface area contributed by atoms with Gasteiger partial charge in [-0.05, 0) is 32.0 Å². The summed E-state index contributed by atoms with van der Waals surface area (Å²) in [6.45, 7) is 9.75. The van der Waals surface area contributed by atoms with Crippen molar-refractivity contribution >= 4 is 5.69 Å². The number of hydrogen-bond donors (Lipinski definition) is 1. The minimum absolute atomic E-state index is 0.306. The summed E-state index contributed by atoms with van der Waals surface area (Å²) in [6, 6.07) is 9.21. The van der Waals surface area contributed by atoms with Gasteiger partial charge >= 0.3 is 0 Å². The first-order valence-corrected chi connectivity index (χ1v) is 7.72. The van der Waals surface area contributed by atoms with Crippen molar-refractivity contribution in [3.05, 3.63) is 29.8 Å². The second kappa shape index (κ2) is 9.77. The fourth-order valence-corrected chi connectivity index (χ4v) is 2.63. The topological polar surface area (TPSA) is 33.7 Å². The fourth-order valence-electron chi connectivity index (χ4n) is 2.63. The van der Waals surface area contributed by atoms with Crippen LogP contribution in [0.5, 0.6) is 0 Å². The van der Waals surface area contributed by atoms with Crippen molar-refractivity contribution in [3.63, 3.8) is 0 Å². The number of ether oxygens (including phenoxy) is 2. The van der Waals surface area contributed by atoms with Gasteiger partial charge in [0, 0.05) is 38.5 Å². The Morgan fingerprint density at radius 3 is 2.48 bits per heavy atom. The molecule has 2 atom stereocenters. The molecule has 2 unspecified atom stereocenters. The molecule has 4 nitrogen and oxygen atoms in total. The number of methoxy groups -OCH3 is 2. The summed E-state index contributed by atoms with van der Waals surface area (Å²) in [5, 5.41) is 3.49. The van der Waals surface area contributed by atoms with Gasteiger partial charge in [-0.15, -0.1) is 0 Å². The summed E-state index contributed by atoms with van der Waals surface area (Å²) in [5.74, 6) is 0. The van der Waals surface area contributed by atoms with E-state index in [1.807, 2.05) is 0 Å². The molecule has 0 fully saturated rings. The van der Waals surface area contributed by atoms with E-state index in [0.717, 1.165) is 13.1 Å². The van der Waals surface area contributed by atoms with Crippen molar-refractivity contribution in [1.82, 2.24) is 5.32 Å². The molecule has 0 spiro atoms. The molecule has 0 amide bonds. The summed E-state index contributed by atoms with van der Waals surface area (Å²) < 4.78 is 10.6. The smallest absolute Gasteiger partial charge is 0.0663 e. The number of rotatable bonds is 10. The van der Waals surface area contributed by atoms with Gasteiger partial charge < -0.3 is 19.7 Å². The maximum absolute atomic E-state index is 5.34. The van der Waals surface area contributed by atoms with Crippen LogP contribution in [0.3, 0.4) is 0 Å². The van der Waals surface area contributed by atoms with Gasteiger partial charge in [0.1, 0.15) is 0 Å². The zero-order valence-electron chi connectivity index (χ0n) is 14.1. The molecule has 0 radical (unpaired) electrons. The second-order valence-corrected chi connectivity index (χ2v) is 5.33. The molecule has 1 aromatic carbocycles. The highest BCUT2D eigenvalue weighted by atomic mass is 16.5. The number of para-hydroxylation sites is 1. The van der Waals surface area contributed by atoms with Crippen LogP contribution < -0.4 is 10.2 Å². The van der Waals surface area contributed by atoms with Crippen molar-refractivity contribution in [3.8, 4) is 0 Å². The first kappa shape index (κ1) is 18.0. The van der Waals surface area contributed by atoms with Crippen molar-refractivity contribution in [2.45, 2.75) is 32.9 Å². The molecule has 120 valence electrons. The molecule has 21 heavy (non-hydrogen) atoms. The fraction of sp³-hybridized carbons (Fsp3) is 0.647. The van der Waals surface area contributed by atoms with E-state index in [1.54, 1.807) is 14.2 Å². The van der Waals surface area contributed by atoms with Crippen LogP contribution >= 0.6 is 0 Å². The Hall–Kier alpha value is -1.10. The van der Waals surface area contributed by atoms with E-state index >= 15 is 0 Å². The lowest BCUT2D eigenvalue weighted by molar-refractivity contribution is 0.171. The maximum atomic E-state index is 5.34. The van der Waals surface area contributed by atoms with E-state index in [1.165, 1.54) is 11.3 Å². The molecule has 0 bridgehead atoms. The van der Waals surface area contributed by atoms with Crippen molar-refractivity contribution in [1.29, 1.82) is 0 Å². The van der Waals surface area contributed by atoms with Gasteiger partial charge in [0.05, 0.1) is 13.2 Å². The third-order valence-electron chi connectivity index (χ3n) is 3.70. The quantitative estimate of drug-likeness (QED) is 0.719. The lowest BCUT2D eigenvalue weighted by atomic mass is 10.0. The van der Waals surface area contributed by atoms with Gasteiger partial charge in [-0.1, -0.05) is 25.1 Å². The lowest BCUT2D eigenvalue weighted by Gasteiger charge is -2.33. The minimum atomic E-state index is 0.306. The molecule has 0 aliphatic carbocycles. The van der Waals surface area contributed by atoms with E-state index in [0.29, 0.717) is 25.3 Å². The molecular formula is C17H30N2O2. The predicted molar refractivity (Wildman–Crippen MR) is 89.1 cm³/mol. The highest BCUT2D eigenvalue weighted by Gasteiger charge is 2.19.